The molecule has 1 unspecified atom stereocenters. The van der Waals surface area contributed by atoms with Crippen LogP contribution in [-0.2, 0) is 4.79 Å². The summed E-state index contributed by atoms with van der Waals surface area (Å²) < 4.78 is 12.7. The van der Waals surface area contributed by atoms with Crippen LogP contribution in [0, 0.1) is 5.95 Å². The van der Waals surface area contributed by atoms with E-state index in [0.717, 1.165) is 16.9 Å². The number of hydrogen-bond acceptors (Lipinski definition) is 3. The number of nitrogens with zero attached hydrogens (tertiary/aromatic N) is 1. The van der Waals surface area contributed by atoms with Crippen LogP contribution in [-0.4, -0.2) is 10.9 Å². The Morgan fingerprint density at radius 3 is 2.70 bits per heavy atom. The van der Waals surface area contributed by atoms with E-state index in [0.29, 0.717) is 0 Å². The van der Waals surface area contributed by atoms with Gasteiger partial charge in [-0.3, -0.25) is 4.79 Å². The number of halogens is 1. The highest BCUT2D eigenvalue weighted by Crippen LogP contribution is 2.21. The number of pyridine rings is 1. The van der Waals surface area contributed by atoms with E-state index in [1.807, 2.05) is 31.2 Å². The smallest absolute Gasteiger partial charge is 0.221 e. The largest absolute Gasteiger partial charge is 0.377 e. The van der Waals surface area contributed by atoms with Gasteiger partial charge in [0, 0.05) is 18.7 Å². The molecule has 2 N–H and O–H groups in total. The lowest BCUT2D eigenvalue weighted by atomic mass is 10.1. The third-order valence-electron chi connectivity index (χ3n) is 2.82. The van der Waals surface area contributed by atoms with E-state index in [2.05, 4.69) is 15.6 Å². The molecule has 104 valence electrons. The number of carbonyl (C=O) groups excluding carboxylic acids is 1. The molecule has 1 aromatic heterocycles. The molecule has 1 aromatic carbocycles. The van der Waals surface area contributed by atoms with Crippen LogP contribution in [0.4, 0.5) is 15.8 Å². The average molecular weight is 273 g/mol. The van der Waals surface area contributed by atoms with Gasteiger partial charge in [0.15, 0.2) is 0 Å². The topological polar surface area (TPSA) is 54.0 Å². The maximum absolute atomic E-state index is 12.7. The summed E-state index contributed by atoms with van der Waals surface area (Å²) in [5.41, 5.74) is 2.50. The maximum Gasteiger partial charge on any atom is 0.221 e. The molecule has 2 rings (SSSR count). The summed E-state index contributed by atoms with van der Waals surface area (Å²) in [7, 11) is 0. The van der Waals surface area contributed by atoms with Gasteiger partial charge in [0.25, 0.3) is 0 Å². The molecule has 1 amide bonds. The highest BCUT2D eigenvalue weighted by atomic mass is 19.1. The fourth-order valence-corrected chi connectivity index (χ4v) is 1.88. The number of benzene rings is 1. The van der Waals surface area contributed by atoms with Crippen molar-refractivity contribution in [2.24, 2.45) is 0 Å². The number of hydrogen-bond donors (Lipinski definition) is 2. The van der Waals surface area contributed by atoms with Crippen molar-refractivity contribution in [2.45, 2.75) is 19.9 Å². The molecule has 20 heavy (non-hydrogen) atoms. The second-order valence-electron chi connectivity index (χ2n) is 4.54. The summed E-state index contributed by atoms with van der Waals surface area (Å²) in [4.78, 5) is 14.6. The molecule has 0 aliphatic carbocycles. The lowest BCUT2D eigenvalue weighted by Crippen LogP contribution is -2.09. The third-order valence-corrected chi connectivity index (χ3v) is 2.82. The number of amides is 1. The molecule has 0 saturated carbocycles. The van der Waals surface area contributed by atoms with Gasteiger partial charge in [0.05, 0.1) is 11.9 Å². The molecule has 0 radical (unpaired) electrons. The van der Waals surface area contributed by atoms with Gasteiger partial charge < -0.3 is 10.6 Å². The first kappa shape index (κ1) is 14.0. The van der Waals surface area contributed by atoms with E-state index >= 15 is 0 Å². The lowest BCUT2D eigenvalue weighted by molar-refractivity contribution is -0.114. The van der Waals surface area contributed by atoms with Crippen LogP contribution in [0.15, 0.2) is 42.6 Å². The fraction of sp³-hybridized carbons (Fsp3) is 0.200. The van der Waals surface area contributed by atoms with Crippen LogP contribution in [0.25, 0.3) is 0 Å². The van der Waals surface area contributed by atoms with Crippen molar-refractivity contribution >= 4 is 17.3 Å². The molecule has 5 heteroatoms. The van der Waals surface area contributed by atoms with Gasteiger partial charge in [-0.1, -0.05) is 12.1 Å². The van der Waals surface area contributed by atoms with Crippen molar-refractivity contribution in [1.82, 2.24) is 4.98 Å². The van der Waals surface area contributed by atoms with Crippen LogP contribution < -0.4 is 10.6 Å². The van der Waals surface area contributed by atoms with Gasteiger partial charge >= 0.3 is 0 Å². The monoisotopic (exact) mass is 273 g/mol. The molecule has 2 aromatic rings. The predicted octanol–water partition coefficient (Wildman–Crippen LogP) is 3.35. The Balaban J connectivity index is 2.10. The third kappa shape index (κ3) is 3.78. The molecule has 0 fully saturated rings. The van der Waals surface area contributed by atoms with Crippen molar-refractivity contribution in [3.05, 3.63) is 54.1 Å². The molecule has 1 atom stereocenters. The van der Waals surface area contributed by atoms with Gasteiger partial charge in [0.2, 0.25) is 11.9 Å². The van der Waals surface area contributed by atoms with Crippen LogP contribution in [0.2, 0.25) is 0 Å². The molecule has 0 spiro atoms. The second-order valence-corrected chi connectivity index (χ2v) is 4.54. The molecular weight excluding hydrogens is 257 g/mol. The summed E-state index contributed by atoms with van der Waals surface area (Å²) in [6.07, 6.45) is 1.45. The van der Waals surface area contributed by atoms with E-state index in [1.165, 1.54) is 19.2 Å². The number of carbonyl (C=O) groups is 1. The maximum atomic E-state index is 12.7. The first-order valence-corrected chi connectivity index (χ1v) is 6.30. The van der Waals surface area contributed by atoms with Crippen LogP contribution in [0.1, 0.15) is 25.5 Å². The molecule has 0 aliphatic rings. The van der Waals surface area contributed by atoms with Crippen molar-refractivity contribution in [1.29, 1.82) is 0 Å². The van der Waals surface area contributed by atoms with Crippen molar-refractivity contribution < 1.29 is 9.18 Å². The normalized spacial score (nSPS) is 11.8. The van der Waals surface area contributed by atoms with Gasteiger partial charge in [-0.15, -0.1) is 0 Å². The van der Waals surface area contributed by atoms with Crippen molar-refractivity contribution in [3.8, 4) is 0 Å². The Morgan fingerprint density at radius 2 is 2.05 bits per heavy atom. The van der Waals surface area contributed by atoms with Crippen LogP contribution in [0.5, 0.6) is 0 Å². The molecule has 4 nitrogen and oxygen atoms in total. The summed E-state index contributed by atoms with van der Waals surface area (Å²) in [5, 5.41) is 5.97. The van der Waals surface area contributed by atoms with E-state index in [1.54, 1.807) is 6.07 Å². The van der Waals surface area contributed by atoms with Crippen molar-refractivity contribution in [3.63, 3.8) is 0 Å². The highest BCUT2D eigenvalue weighted by Gasteiger charge is 2.07. The number of aromatic nitrogens is 1. The molecule has 0 bridgehead atoms. The standard InChI is InChI=1S/C15H16FN3O/c1-10(18-14-6-7-15(16)17-9-14)12-4-3-5-13(8-12)19-11(2)20/h3-10,18H,1-2H3,(H,19,20). The van der Waals surface area contributed by atoms with E-state index in [4.69, 9.17) is 0 Å². The minimum atomic E-state index is -0.504. The zero-order valence-corrected chi connectivity index (χ0v) is 11.4. The van der Waals surface area contributed by atoms with Gasteiger partial charge in [0.1, 0.15) is 0 Å². The molecule has 0 aliphatic heterocycles. The number of nitrogens with one attached hydrogen (secondary N) is 2. The van der Waals surface area contributed by atoms with E-state index in [9.17, 15) is 9.18 Å². The summed E-state index contributed by atoms with van der Waals surface area (Å²) >= 11 is 0. The van der Waals surface area contributed by atoms with Gasteiger partial charge in [-0.25, -0.2) is 4.98 Å². The van der Waals surface area contributed by atoms with Gasteiger partial charge in [-0.2, -0.15) is 4.39 Å². The predicted molar refractivity (Wildman–Crippen MR) is 77.0 cm³/mol. The first-order valence-electron chi connectivity index (χ1n) is 6.30. The Kier molecular flexibility index (Phi) is 4.30. The molecule has 0 saturated heterocycles. The minimum absolute atomic E-state index is 0.0102. The highest BCUT2D eigenvalue weighted by molar-refractivity contribution is 5.88. The quantitative estimate of drug-likeness (QED) is 0.840. The number of rotatable bonds is 4. The van der Waals surface area contributed by atoms with Crippen molar-refractivity contribution in [2.75, 3.05) is 10.6 Å². The minimum Gasteiger partial charge on any atom is -0.377 e. The molecular formula is C15H16FN3O. The van der Waals surface area contributed by atoms with Crippen LogP contribution in [0.3, 0.4) is 0 Å². The Labute approximate surface area is 117 Å². The summed E-state index contributed by atoms with van der Waals surface area (Å²) in [5.74, 6) is -0.610. The first-order chi connectivity index (χ1) is 9.54. The zero-order valence-electron chi connectivity index (χ0n) is 11.4. The van der Waals surface area contributed by atoms with E-state index < -0.39 is 5.95 Å². The summed E-state index contributed by atoms with van der Waals surface area (Å²) in [6, 6.07) is 10.5. The van der Waals surface area contributed by atoms with E-state index in [-0.39, 0.29) is 11.9 Å². The fourth-order valence-electron chi connectivity index (χ4n) is 1.88. The second kappa shape index (κ2) is 6.14. The number of anilines is 2. The SMILES string of the molecule is CC(=O)Nc1cccc(C(C)Nc2ccc(F)nc2)c1. The van der Waals surface area contributed by atoms with Gasteiger partial charge in [-0.05, 0) is 36.8 Å². The Bertz CT molecular complexity index is 598. The summed E-state index contributed by atoms with van der Waals surface area (Å²) in [6.45, 7) is 3.45. The lowest BCUT2D eigenvalue weighted by Gasteiger charge is -2.16. The molecule has 1 heterocycles. The Hall–Kier alpha value is -2.43. The average Bonchev–Trinajstić information content (AvgIpc) is 2.41. The Morgan fingerprint density at radius 1 is 1.25 bits per heavy atom. The zero-order chi connectivity index (χ0) is 14.5. The van der Waals surface area contributed by atoms with Crippen LogP contribution >= 0.6 is 0 Å².